The summed E-state index contributed by atoms with van der Waals surface area (Å²) in [5, 5.41) is 13.3. The van der Waals surface area contributed by atoms with Gasteiger partial charge in [-0.05, 0) is 75.7 Å². The van der Waals surface area contributed by atoms with E-state index in [4.69, 9.17) is 9.47 Å². The van der Waals surface area contributed by atoms with Gasteiger partial charge in [-0.1, -0.05) is 17.8 Å². The van der Waals surface area contributed by atoms with E-state index in [9.17, 15) is 28.0 Å². The second kappa shape index (κ2) is 14.9. The van der Waals surface area contributed by atoms with Crippen molar-refractivity contribution < 1.29 is 37.4 Å². The molecule has 0 aliphatic rings. The molecule has 2 aromatic heterocycles. The topological polar surface area (TPSA) is 142 Å². The Morgan fingerprint density at radius 3 is 2.33 bits per heavy atom. The number of nitrogens with one attached hydrogen (secondary N) is 2. The van der Waals surface area contributed by atoms with E-state index >= 15 is 0 Å². The number of hydrogen-bond acceptors (Lipinski definition) is 10. The molecule has 0 aliphatic heterocycles. The number of rotatable bonds is 12. The molecule has 4 aromatic rings. The summed E-state index contributed by atoms with van der Waals surface area (Å²) in [5.41, 5.74) is 0.957. The number of ether oxygens (including phenoxy) is 2. The average Bonchev–Trinajstić information content (AvgIpc) is 3.56. The third kappa shape index (κ3) is 7.91. The molecule has 2 amide bonds. The van der Waals surface area contributed by atoms with Crippen LogP contribution in [-0.4, -0.2) is 57.0 Å². The molecule has 0 saturated carbocycles. The summed E-state index contributed by atoms with van der Waals surface area (Å²) in [6, 6.07) is 10.7. The SMILES string of the molecule is CCOC(=O)c1sc(NC(=O)[C@@H](C)Sc2nnc(CNC(=O)c3cccc(F)c3)n2-c2ccc(F)cc2)c(C(=O)OCC)c1C. The molecule has 0 bridgehead atoms. The molecule has 0 unspecified atom stereocenters. The monoisotopic (exact) mass is 657 g/mol. The van der Waals surface area contributed by atoms with Gasteiger partial charge < -0.3 is 20.1 Å². The third-order valence-corrected chi connectivity index (χ3v) is 8.48. The van der Waals surface area contributed by atoms with Gasteiger partial charge in [-0.3, -0.25) is 14.2 Å². The Kier molecular flexibility index (Phi) is 11.0. The van der Waals surface area contributed by atoms with Gasteiger partial charge >= 0.3 is 11.9 Å². The second-order valence-corrected chi connectivity index (χ2v) is 11.7. The van der Waals surface area contributed by atoms with E-state index < -0.39 is 40.6 Å². The van der Waals surface area contributed by atoms with Crippen molar-refractivity contribution in [2.75, 3.05) is 18.5 Å². The summed E-state index contributed by atoms with van der Waals surface area (Å²) in [7, 11) is 0. The quantitative estimate of drug-likeness (QED) is 0.153. The highest BCUT2D eigenvalue weighted by molar-refractivity contribution is 8.00. The number of anilines is 1. The highest BCUT2D eigenvalue weighted by Gasteiger charge is 2.29. The molecule has 4 rings (SSSR count). The lowest BCUT2D eigenvalue weighted by Crippen LogP contribution is -2.25. The van der Waals surface area contributed by atoms with Crippen LogP contribution in [0.5, 0.6) is 0 Å². The van der Waals surface area contributed by atoms with E-state index in [2.05, 4.69) is 20.8 Å². The fourth-order valence-electron chi connectivity index (χ4n) is 4.10. The lowest BCUT2D eigenvalue weighted by atomic mass is 10.1. The molecule has 0 saturated heterocycles. The lowest BCUT2D eigenvalue weighted by Gasteiger charge is -2.14. The maximum Gasteiger partial charge on any atom is 0.348 e. The van der Waals surface area contributed by atoms with Gasteiger partial charge in [0.05, 0.1) is 30.6 Å². The molecule has 236 valence electrons. The zero-order valence-electron chi connectivity index (χ0n) is 24.7. The largest absolute Gasteiger partial charge is 0.462 e. The zero-order chi connectivity index (χ0) is 32.7. The van der Waals surface area contributed by atoms with Gasteiger partial charge in [0.15, 0.2) is 11.0 Å². The smallest absolute Gasteiger partial charge is 0.348 e. The molecular formula is C30H29F2N5O6S2. The third-order valence-electron chi connectivity index (χ3n) is 6.25. The molecule has 15 heteroatoms. The van der Waals surface area contributed by atoms with Gasteiger partial charge in [0.1, 0.15) is 21.5 Å². The first-order valence-electron chi connectivity index (χ1n) is 13.7. The number of benzene rings is 2. The molecular weight excluding hydrogens is 628 g/mol. The number of aromatic nitrogens is 3. The van der Waals surface area contributed by atoms with E-state index in [0.29, 0.717) is 11.3 Å². The minimum Gasteiger partial charge on any atom is -0.462 e. The first-order chi connectivity index (χ1) is 21.5. The molecule has 45 heavy (non-hydrogen) atoms. The Morgan fingerprint density at radius 1 is 0.978 bits per heavy atom. The van der Waals surface area contributed by atoms with Crippen LogP contribution in [0.4, 0.5) is 13.8 Å². The van der Waals surface area contributed by atoms with Crippen LogP contribution < -0.4 is 10.6 Å². The van der Waals surface area contributed by atoms with E-state index in [-0.39, 0.29) is 51.7 Å². The van der Waals surface area contributed by atoms with Crippen LogP contribution in [0.2, 0.25) is 0 Å². The maximum absolute atomic E-state index is 13.7. The number of thiophene rings is 1. The standard InChI is InChI=1S/C30H29F2N5O6S2/c1-5-42-28(40)23-16(3)24(29(41)43-6-2)45-27(23)34-25(38)17(4)44-30-36-35-22(37(30)21-12-10-19(31)11-13-21)15-33-26(39)18-8-7-9-20(32)14-18/h7-14,17H,5-6,15H2,1-4H3,(H,33,39)(H,34,38)/t17-/m1/s1. The minimum atomic E-state index is -0.813. The van der Waals surface area contributed by atoms with E-state index in [1.54, 1.807) is 32.3 Å². The Labute approximate surface area is 265 Å². The number of carbonyl (C=O) groups excluding carboxylic acids is 4. The highest BCUT2D eigenvalue weighted by Crippen LogP contribution is 2.35. The molecule has 0 spiro atoms. The minimum absolute atomic E-state index is 0.0567. The van der Waals surface area contributed by atoms with Crippen LogP contribution in [0.25, 0.3) is 5.69 Å². The Hall–Kier alpha value is -4.63. The fourth-order valence-corrected chi connectivity index (χ4v) is 6.08. The number of halogens is 2. The number of amides is 2. The van der Waals surface area contributed by atoms with Crippen molar-refractivity contribution in [2.45, 2.75) is 44.6 Å². The summed E-state index contributed by atoms with van der Waals surface area (Å²) in [4.78, 5) is 51.4. The van der Waals surface area contributed by atoms with Crippen molar-refractivity contribution in [3.8, 4) is 5.69 Å². The average molecular weight is 658 g/mol. The maximum atomic E-state index is 13.7. The van der Waals surface area contributed by atoms with Gasteiger partial charge in [-0.2, -0.15) is 0 Å². The summed E-state index contributed by atoms with van der Waals surface area (Å²) >= 11 is 1.92. The molecule has 0 aliphatic carbocycles. The zero-order valence-corrected chi connectivity index (χ0v) is 26.3. The summed E-state index contributed by atoms with van der Waals surface area (Å²) in [6.45, 7) is 6.58. The summed E-state index contributed by atoms with van der Waals surface area (Å²) < 4.78 is 39.1. The Bertz CT molecular complexity index is 1720. The summed E-state index contributed by atoms with van der Waals surface area (Å²) in [5.74, 6) is -3.16. The normalized spacial score (nSPS) is 11.5. The fraction of sp³-hybridized carbons (Fsp3) is 0.267. The molecule has 2 heterocycles. The van der Waals surface area contributed by atoms with Gasteiger partial charge in [0, 0.05) is 11.3 Å². The number of nitrogens with zero attached hydrogens (tertiary/aromatic N) is 3. The lowest BCUT2D eigenvalue weighted by molar-refractivity contribution is -0.115. The van der Waals surface area contributed by atoms with Crippen molar-refractivity contribution in [3.63, 3.8) is 0 Å². The first-order valence-corrected chi connectivity index (χ1v) is 15.4. The Balaban J connectivity index is 1.58. The van der Waals surface area contributed by atoms with Crippen LogP contribution >= 0.6 is 23.1 Å². The molecule has 11 nitrogen and oxygen atoms in total. The van der Waals surface area contributed by atoms with Crippen LogP contribution in [0.1, 0.15) is 62.5 Å². The number of hydrogen-bond donors (Lipinski definition) is 2. The number of esters is 2. The van der Waals surface area contributed by atoms with Crippen LogP contribution in [0.3, 0.4) is 0 Å². The first kappa shape index (κ1) is 33.3. The van der Waals surface area contributed by atoms with E-state index in [1.165, 1.54) is 42.5 Å². The second-order valence-electron chi connectivity index (χ2n) is 9.35. The van der Waals surface area contributed by atoms with Gasteiger partial charge in [-0.25, -0.2) is 18.4 Å². The van der Waals surface area contributed by atoms with Crippen LogP contribution in [0.15, 0.2) is 53.7 Å². The van der Waals surface area contributed by atoms with Crippen molar-refractivity contribution in [3.05, 3.63) is 87.6 Å². The van der Waals surface area contributed by atoms with Gasteiger partial charge in [-0.15, -0.1) is 21.5 Å². The molecule has 0 radical (unpaired) electrons. The summed E-state index contributed by atoms with van der Waals surface area (Å²) in [6.07, 6.45) is 0. The van der Waals surface area contributed by atoms with E-state index in [1.807, 2.05) is 0 Å². The van der Waals surface area contributed by atoms with Gasteiger partial charge in [0.25, 0.3) is 5.91 Å². The van der Waals surface area contributed by atoms with E-state index in [0.717, 1.165) is 29.2 Å². The molecule has 2 N–H and O–H groups in total. The predicted molar refractivity (Wildman–Crippen MR) is 164 cm³/mol. The number of thioether (sulfide) groups is 1. The van der Waals surface area contributed by atoms with Crippen LogP contribution in [-0.2, 0) is 20.8 Å². The van der Waals surface area contributed by atoms with Crippen molar-refractivity contribution in [1.82, 2.24) is 20.1 Å². The van der Waals surface area contributed by atoms with Crippen LogP contribution in [0, 0.1) is 18.6 Å². The highest BCUT2D eigenvalue weighted by atomic mass is 32.2. The van der Waals surface area contributed by atoms with Crippen molar-refractivity contribution >= 4 is 51.9 Å². The van der Waals surface area contributed by atoms with Gasteiger partial charge in [0.2, 0.25) is 5.91 Å². The van der Waals surface area contributed by atoms with Crippen molar-refractivity contribution in [2.24, 2.45) is 0 Å². The number of carbonyl (C=O) groups is 4. The molecule has 2 aromatic carbocycles. The molecule has 1 atom stereocenters. The predicted octanol–water partition coefficient (Wildman–Crippen LogP) is 5.32. The Morgan fingerprint density at radius 2 is 1.67 bits per heavy atom. The molecule has 0 fully saturated rings. The van der Waals surface area contributed by atoms with Crippen molar-refractivity contribution in [1.29, 1.82) is 0 Å².